The van der Waals surface area contributed by atoms with Gasteiger partial charge < -0.3 is 10.1 Å². The van der Waals surface area contributed by atoms with Crippen LogP contribution in [0.15, 0.2) is 22.7 Å². The second-order valence-corrected chi connectivity index (χ2v) is 5.05. The third-order valence-corrected chi connectivity index (χ3v) is 2.95. The summed E-state index contributed by atoms with van der Waals surface area (Å²) in [6, 6.07) is 3.97. The number of esters is 1. The Morgan fingerprint density at radius 1 is 1.39 bits per heavy atom. The largest absolute Gasteiger partial charge is 0.467 e. The Labute approximate surface area is 113 Å². The highest BCUT2D eigenvalue weighted by atomic mass is 79.9. The summed E-state index contributed by atoms with van der Waals surface area (Å²) in [5.41, 5.74) is -1.04. The van der Waals surface area contributed by atoms with E-state index in [-0.39, 0.29) is 10.0 Å². The summed E-state index contributed by atoms with van der Waals surface area (Å²) in [6.45, 7) is 3.01. The van der Waals surface area contributed by atoms with E-state index in [1.165, 1.54) is 33.1 Å². The van der Waals surface area contributed by atoms with Crippen LogP contribution in [-0.2, 0) is 9.53 Å². The Morgan fingerprint density at radius 3 is 2.50 bits per heavy atom. The zero-order valence-corrected chi connectivity index (χ0v) is 11.8. The number of hydrogen-bond donors (Lipinski definition) is 1. The number of carbonyl (C=O) groups excluding carboxylic acids is 2. The predicted molar refractivity (Wildman–Crippen MR) is 67.7 cm³/mol. The molecule has 98 valence electrons. The summed E-state index contributed by atoms with van der Waals surface area (Å²) < 4.78 is 18.1. The lowest BCUT2D eigenvalue weighted by Gasteiger charge is -2.23. The van der Waals surface area contributed by atoms with Crippen LogP contribution in [0.4, 0.5) is 4.39 Å². The minimum absolute atomic E-state index is 0.132. The van der Waals surface area contributed by atoms with Gasteiger partial charge >= 0.3 is 5.97 Å². The topological polar surface area (TPSA) is 55.4 Å². The van der Waals surface area contributed by atoms with E-state index in [9.17, 15) is 14.0 Å². The van der Waals surface area contributed by atoms with Gasteiger partial charge in [0.1, 0.15) is 11.4 Å². The zero-order chi connectivity index (χ0) is 13.9. The molecule has 0 saturated carbocycles. The Balaban J connectivity index is 2.89. The van der Waals surface area contributed by atoms with Crippen molar-refractivity contribution in [3.8, 4) is 0 Å². The third-order valence-electron chi connectivity index (χ3n) is 2.30. The molecule has 0 aliphatic carbocycles. The number of ether oxygens (including phenoxy) is 1. The van der Waals surface area contributed by atoms with Crippen LogP contribution in [0.3, 0.4) is 0 Å². The molecule has 18 heavy (non-hydrogen) atoms. The second kappa shape index (κ2) is 5.48. The lowest BCUT2D eigenvalue weighted by Crippen LogP contribution is -2.50. The van der Waals surface area contributed by atoms with E-state index >= 15 is 0 Å². The first-order valence-electron chi connectivity index (χ1n) is 5.14. The summed E-state index contributed by atoms with van der Waals surface area (Å²) in [6.07, 6.45) is 0. The van der Waals surface area contributed by atoms with Crippen molar-refractivity contribution >= 4 is 27.8 Å². The van der Waals surface area contributed by atoms with Crippen LogP contribution in [0.1, 0.15) is 24.2 Å². The number of rotatable bonds is 3. The number of halogens is 2. The Morgan fingerprint density at radius 2 is 2.00 bits per heavy atom. The molecule has 0 aromatic heterocycles. The van der Waals surface area contributed by atoms with E-state index in [4.69, 9.17) is 0 Å². The molecule has 4 nitrogen and oxygen atoms in total. The normalized spacial score (nSPS) is 10.9. The maximum absolute atomic E-state index is 13.3. The molecule has 1 aromatic rings. The van der Waals surface area contributed by atoms with Gasteiger partial charge in [-0.05, 0) is 48.0 Å². The molecule has 1 rings (SSSR count). The molecule has 0 radical (unpaired) electrons. The van der Waals surface area contributed by atoms with Gasteiger partial charge in [0.25, 0.3) is 5.91 Å². The monoisotopic (exact) mass is 317 g/mol. The quantitative estimate of drug-likeness (QED) is 0.870. The van der Waals surface area contributed by atoms with Crippen LogP contribution < -0.4 is 5.32 Å². The number of carbonyl (C=O) groups is 2. The highest BCUT2D eigenvalue weighted by molar-refractivity contribution is 9.10. The molecular formula is C12H13BrFNO3. The van der Waals surface area contributed by atoms with Crippen molar-refractivity contribution < 1.29 is 18.7 Å². The van der Waals surface area contributed by atoms with Crippen LogP contribution in [-0.4, -0.2) is 24.5 Å². The standard InChI is InChI=1S/C12H13BrFNO3/c1-12(2,11(17)18-3)15-10(16)7-4-5-8(13)9(14)6-7/h4-6H,1-3H3,(H,15,16). The average molecular weight is 318 g/mol. The molecular weight excluding hydrogens is 305 g/mol. The van der Waals surface area contributed by atoms with E-state index < -0.39 is 23.2 Å². The lowest BCUT2D eigenvalue weighted by atomic mass is 10.1. The summed E-state index contributed by atoms with van der Waals surface area (Å²) >= 11 is 2.99. The van der Waals surface area contributed by atoms with Gasteiger partial charge in [0.2, 0.25) is 0 Å². The van der Waals surface area contributed by atoms with Gasteiger partial charge in [-0.1, -0.05) is 0 Å². The fourth-order valence-electron chi connectivity index (χ4n) is 1.30. The SMILES string of the molecule is COC(=O)C(C)(C)NC(=O)c1ccc(Br)c(F)c1. The summed E-state index contributed by atoms with van der Waals surface area (Å²) in [5.74, 6) is -1.66. The smallest absolute Gasteiger partial charge is 0.330 e. The number of benzene rings is 1. The third kappa shape index (κ3) is 3.29. The molecule has 0 spiro atoms. The van der Waals surface area contributed by atoms with Crippen LogP contribution in [0.2, 0.25) is 0 Å². The van der Waals surface area contributed by atoms with E-state index in [0.29, 0.717) is 0 Å². The maximum Gasteiger partial charge on any atom is 0.330 e. The molecule has 0 bridgehead atoms. The molecule has 1 amide bonds. The van der Waals surface area contributed by atoms with Crippen molar-refractivity contribution in [2.24, 2.45) is 0 Å². The molecule has 6 heteroatoms. The van der Waals surface area contributed by atoms with Crippen molar-refractivity contribution in [2.75, 3.05) is 7.11 Å². The molecule has 1 aromatic carbocycles. The molecule has 1 N–H and O–H groups in total. The summed E-state index contributed by atoms with van der Waals surface area (Å²) in [4.78, 5) is 23.2. The van der Waals surface area contributed by atoms with Crippen LogP contribution in [0.5, 0.6) is 0 Å². The number of nitrogens with one attached hydrogen (secondary N) is 1. The first-order valence-corrected chi connectivity index (χ1v) is 5.93. The van der Waals surface area contributed by atoms with Gasteiger partial charge in [0.05, 0.1) is 11.6 Å². The highest BCUT2D eigenvalue weighted by Gasteiger charge is 2.30. The summed E-state index contributed by atoms with van der Waals surface area (Å²) in [5, 5.41) is 2.47. The molecule has 0 saturated heterocycles. The first kappa shape index (κ1) is 14.6. The van der Waals surface area contributed by atoms with Gasteiger partial charge in [-0.15, -0.1) is 0 Å². The molecule has 0 unspecified atom stereocenters. The molecule has 0 atom stereocenters. The van der Waals surface area contributed by atoms with Crippen molar-refractivity contribution in [2.45, 2.75) is 19.4 Å². The maximum atomic E-state index is 13.3. The van der Waals surface area contributed by atoms with Gasteiger partial charge in [-0.2, -0.15) is 0 Å². The Hall–Kier alpha value is -1.43. The van der Waals surface area contributed by atoms with Crippen molar-refractivity contribution in [3.63, 3.8) is 0 Å². The minimum atomic E-state index is -1.17. The van der Waals surface area contributed by atoms with E-state index in [0.717, 1.165) is 6.07 Å². The zero-order valence-electron chi connectivity index (χ0n) is 10.2. The number of methoxy groups -OCH3 is 1. The lowest BCUT2D eigenvalue weighted by molar-refractivity contribution is -0.146. The van der Waals surface area contributed by atoms with Crippen LogP contribution in [0.25, 0.3) is 0 Å². The molecule has 0 fully saturated rings. The first-order chi connectivity index (χ1) is 8.27. The van der Waals surface area contributed by atoms with Crippen molar-refractivity contribution in [1.82, 2.24) is 5.32 Å². The number of amides is 1. The van der Waals surface area contributed by atoms with E-state index in [1.54, 1.807) is 0 Å². The second-order valence-electron chi connectivity index (χ2n) is 4.20. The average Bonchev–Trinajstić information content (AvgIpc) is 2.30. The van der Waals surface area contributed by atoms with Gasteiger partial charge in [-0.25, -0.2) is 9.18 Å². The van der Waals surface area contributed by atoms with Crippen LogP contribution >= 0.6 is 15.9 Å². The Bertz CT molecular complexity index is 488. The van der Waals surface area contributed by atoms with Crippen LogP contribution in [0, 0.1) is 5.82 Å². The minimum Gasteiger partial charge on any atom is -0.467 e. The van der Waals surface area contributed by atoms with Crippen molar-refractivity contribution in [3.05, 3.63) is 34.1 Å². The molecule has 0 aliphatic heterocycles. The fraction of sp³-hybridized carbons (Fsp3) is 0.333. The summed E-state index contributed by atoms with van der Waals surface area (Å²) in [7, 11) is 1.23. The highest BCUT2D eigenvalue weighted by Crippen LogP contribution is 2.17. The predicted octanol–water partition coefficient (Wildman–Crippen LogP) is 2.27. The fourth-order valence-corrected chi connectivity index (χ4v) is 1.55. The number of hydrogen-bond acceptors (Lipinski definition) is 3. The Kier molecular flexibility index (Phi) is 4.45. The van der Waals surface area contributed by atoms with E-state index in [2.05, 4.69) is 26.0 Å². The van der Waals surface area contributed by atoms with Gasteiger partial charge in [0, 0.05) is 5.56 Å². The molecule has 0 heterocycles. The van der Waals surface area contributed by atoms with Crippen molar-refractivity contribution in [1.29, 1.82) is 0 Å². The van der Waals surface area contributed by atoms with Gasteiger partial charge in [0.15, 0.2) is 0 Å². The van der Waals surface area contributed by atoms with Gasteiger partial charge in [-0.3, -0.25) is 4.79 Å². The van der Waals surface area contributed by atoms with E-state index in [1.807, 2.05) is 0 Å². The molecule has 0 aliphatic rings.